The SMILES string of the molecule is CCN(C1CNC1)C(C)c1ccc(OC)cc1OC. The van der Waals surface area contributed by atoms with Crippen molar-refractivity contribution in [2.45, 2.75) is 25.9 Å². The molecule has 2 rings (SSSR count). The van der Waals surface area contributed by atoms with Crippen LogP contribution in [-0.2, 0) is 0 Å². The molecule has 0 amide bonds. The van der Waals surface area contributed by atoms with Gasteiger partial charge in [-0.25, -0.2) is 0 Å². The summed E-state index contributed by atoms with van der Waals surface area (Å²) in [5.74, 6) is 1.73. The molecule has 1 N–H and O–H groups in total. The summed E-state index contributed by atoms with van der Waals surface area (Å²) in [5.41, 5.74) is 1.22. The second-order valence-corrected chi connectivity index (χ2v) is 4.93. The Labute approximate surface area is 115 Å². The Bertz CT molecular complexity index is 419. The van der Waals surface area contributed by atoms with E-state index in [1.54, 1.807) is 14.2 Å². The second kappa shape index (κ2) is 6.26. The van der Waals surface area contributed by atoms with Crippen molar-refractivity contribution in [3.63, 3.8) is 0 Å². The van der Waals surface area contributed by atoms with Crippen molar-refractivity contribution in [1.82, 2.24) is 10.2 Å². The van der Waals surface area contributed by atoms with Gasteiger partial charge in [-0.1, -0.05) is 13.0 Å². The van der Waals surface area contributed by atoms with Crippen LogP contribution in [0.15, 0.2) is 18.2 Å². The summed E-state index contributed by atoms with van der Waals surface area (Å²) in [6, 6.07) is 7.04. The number of rotatable bonds is 6. The molecule has 1 fully saturated rings. The van der Waals surface area contributed by atoms with Gasteiger partial charge in [0.05, 0.1) is 14.2 Å². The Morgan fingerprint density at radius 3 is 2.53 bits per heavy atom. The molecule has 0 saturated carbocycles. The lowest BCUT2D eigenvalue weighted by atomic mass is 10.0. The van der Waals surface area contributed by atoms with Crippen LogP contribution in [0.3, 0.4) is 0 Å². The zero-order chi connectivity index (χ0) is 13.8. The molecule has 1 heterocycles. The molecule has 1 aliphatic heterocycles. The molecular formula is C15H24N2O2. The average Bonchev–Trinajstić information content (AvgIpc) is 2.40. The van der Waals surface area contributed by atoms with E-state index in [4.69, 9.17) is 9.47 Å². The molecule has 1 aromatic carbocycles. The van der Waals surface area contributed by atoms with Crippen LogP contribution in [0.4, 0.5) is 0 Å². The summed E-state index contributed by atoms with van der Waals surface area (Å²) in [6.45, 7) is 7.66. The molecule has 0 aliphatic carbocycles. The Hall–Kier alpha value is -1.26. The van der Waals surface area contributed by atoms with Gasteiger partial charge in [0.2, 0.25) is 0 Å². The minimum absolute atomic E-state index is 0.345. The van der Waals surface area contributed by atoms with Crippen LogP contribution in [0, 0.1) is 0 Å². The van der Waals surface area contributed by atoms with Crippen LogP contribution in [0.5, 0.6) is 11.5 Å². The van der Waals surface area contributed by atoms with Crippen molar-refractivity contribution >= 4 is 0 Å². The van der Waals surface area contributed by atoms with E-state index >= 15 is 0 Å². The summed E-state index contributed by atoms with van der Waals surface area (Å²) in [4.78, 5) is 2.51. The van der Waals surface area contributed by atoms with E-state index in [0.29, 0.717) is 12.1 Å². The quantitative estimate of drug-likeness (QED) is 0.853. The maximum absolute atomic E-state index is 5.51. The molecule has 19 heavy (non-hydrogen) atoms. The third-order valence-corrected chi connectivity index (χ3v) is 3.98. The molecular weight excluding hydrogens is 240 g/mol. The molecule has 0 radical (unpaired) electrons. The van der Waals surface area contributed by atoms with E-state index in [-0.39, 0.29) is 0 Å². The van der Waals surface area contributed by atoms with Crippen LogP contribution in [-0.4, -0.2) is 44.8 Å². The van der Waals surface area contributed by atoms with Crippen molar-refractivity contribution < 1.29 is 9.47 Å². The first kappa shape index (κ1) is 14.2. The summed E-state index contributed by atoms with van der Waals surface area (Å²) in [5, 5.41) is 3.34. The van der Waals surface area contributed by atoms with Gasteiger partial charge in [0.15, 0.2) is 0 Å². The molecule has 106 valence electrons. The van der Waals surface area contributed by atoms with Gasteiger partial charge in [-0.15, -0.1) is 0 Å². The first-order valence-electron chi connectivity index (χ1n) is 6.89. The van der Waals surface area contributed by atoms with Crippen LogP contribution < -0.4 is 14.8 Å². The Morgan fingerprint density at radius 2 is 2.05 bits per heavy atom. The van der Waals surface area contributed by atoms with Crippen LogP contribution in [0.2, 0.25) is 0 Å². The van der Waals surface area contributed by atoms with E-state index < -0.39 is 0 Å². The number of ether oxygens (including phenoxy) is 2. The summed E-state index contributed by atoms with van der Waals surface area (Å²) >= 11 is 0. The number of nitrogens with zero attached hydrogens (tertiary/aromatic N) is 1. The van der Waals surface area contributed by atoms with Gasteiger partial charge in [0.1, 0.15) is 11.5 Å². The highest BCUT2D eigenvalue weighted by molar-refractivity contribution is 5.42. The zero-order valence-electron chi connectivity index (χ0n) is 12.3. The number of nitrogens with one attached hydrogen (secondary N) is 1. The first-order valence-corrected chi connectivity index (χ1v) is 6.89. The first-order chi connectivity index (χ1) is 9.21. The Morgan fingerprint density at radius 1 is 1.32 bits per heavy atom. The van der Waals surface area contributed by atoms with Gasteiger partial charge >= 0.3 is 0 Å². The highest BCUT2D eigenvalue weighted by Gasteiger charge is 2.29. The average molecular weight is 264 g/mol. The Balaban J connectivity index is 2.23. The minimum atomic E-state index is 0.345. The van der Waals surface area contributed by atoms with Crippen LogP contribution in [0.1, 0.15) is 25.5 Å². The zero-order valence-corrected chi connectivity index (χ0v) is 12.3. The lowest BCUT2D eigenvalue weighted by molar-refractivity contribution is 0.108. The van der Waals surface area contributed by atoms with E-state index in [0.717, 1.165) is 31.1 Å². The molecule has 1 saturated heterocycles. The van der Waals surface area contributed by atoms with E-state index in [2.05, 4.69) is 30.1 Å². The van der Waals surface area contributed by atoms with Gasteiger partial charge in [-0.05, 0) is 19.5 Å². The Kier molecular flexibility index (Phi) is 4.66. The molecule has 1 aromatic rings. The minimum Gasteiger partial charge on any atom is -0.497 e. The maximum Gasteiger partial charge on any atom is 0.127 e. The molecule has 4 heteroatoms. The molecule has 4 nitrogen and oxygen atoms in total. The predicted octanol–water partition coefficient (Wildman–Crippen LogP) is 2.06. The van der Waals surface area contributed by atoms with Gasteiger partial charge in [0, 0.05) is 36.8 Å². The normalized spacial score (nSPS) is 17.1. The highest BCUT2D eigenvalue weighted by atomic mass is 16.5. The third-order valence-electron chi connectivity index (χ3n) is 3.98. The van der Waals surface area contributed by atoms with Crippen molar-refractivity contribution in [2.24, 2.45) is 0 Å². The van der Waals surface area contributed by atoms with Crippen LogP contribution in [0.25, 0.3) is 0 Å². The highest BCUT2D eigenvalue weighted by Crippen LogP contribution is 2.33. The fourth-order valence-electron chi connectivity index (χ4n) is 2.70. The van der Waals surface area contributed by atoms with Crippen LogP contribution >= 0.6 is 0 Å². The second-order valence-electron chi connectivity index (χ2n) is 4.93. The maximum atomic E-state index is 5.51. The predicted molar refractivity (Wildman–Crippen MR) is 77.0 cm³/mol. The van der Waals surface area contributed by atoms with Crippen molar-refractivity contribution in [1.29, 1.82) is 0 Å². The van der Waals surface area contributed by atoms with Gasteiger partial charge < -0.3 is 14.8 Å². The largest absolute Gasteiger partial charge is 0.497 e. The van der Waals surface area contributed by atoms with Gasteiger partial charge in [0.25, 0.3) is 0 Å². The fourth-order valence-corrected chi connectivity index (χ4v) is 2.70. The number of methoxy groups -OCH3 is 2. The third kappa shape index (κ3) is 2.85. The molecule has 0 bridgehead atoms. The summed E-state index contributed by atoms with van der Waals surface area (Å²) < 4.78 is 10.8. The molecule has 1 aliphatic rings. The molecule has 1 atom stereocenters. The monoisotopic (exact) mass is 264 g/mol. The van der Waals surface area contributed by atoms with Crippen molar-refractivity contribution in [3.05, 3.63) is 23.8 Å². The summed E-state index contributed by atoms with van der Waals surface area (Å²) in [7, 11) is 3.39. The lowest BCUT2D eigenvalue weighted by Gasteiger charge is -2.41. The van der Waals surface area contributed by atoms with E-state index in [9.17, 15) is 0 Å². The standard InChI is InChI=1S/C15H24N2O2/c1-5-17(12-9-16-10-12)11(2)14-7-6-13(18-3)8-15(14)19-4/h6-8,11-12,16H,5,9-10H2,1-4H3. The number of benzene rings is 1. The van der Waals surface area contributed by atoms with Crippen molar-refractivity contribution in [2.75, 3.05) is 33.9 Å². The molecule has 1 unspecified atom stereocenters. The van der Waals surface area contributed by atoms with Gasteiger partial charge in [-0.2, -0.15) is 0 Å². The smallest absolute Gasteiger partial charge is 0.127 e. The number of likely N-dealkylation sites (N-methyl/N-ethyl adjacent to an activating group) is 1. The molecule has 0 aromatic heterocycles. The molecule has 0 spiro atoms. The lowest BCUT2D eigenvalue weighted by Crippen LogP contribution is -2.57. The summed E-state index contributed by atoms with van der Waals surface area (Å²) in [6.07, 6.45) is 0. The van der Waals surface area contributed by atoms with E-state index in [1.807, 2.05) is 12.1 Å². The number of hydrogen-bond donors (Lipinski definition) is 1. The van der Waals surface area contributed by atoms with Gasteiger partial charge in [-0.3, -0.25) is 4.90 Å². The van der Waals surface area contributed by atoms with E-state index in [1.165, 1.54) is 5.56 Å². The number of hydrogen-bond acceptors (Lipinski definition) is 4. The fraction of sp³-hybridized carbons (Fsp3) is 0.600. The van der Waals surface area contributed by atoms with Crippen molar-refractivity contribution in [3.8, 4) is 11.5 Å². The topological polar surface area (TPSA) is 33.7 Å².